The molecule has 1 amide bonds. The molecule has 0 saturated carbocycles. The first-order valence-electron chi connectivity index (χ1n) is 7.43. The summed E-state index contributed by atoms with van der Waals surface area (Å²) in [6.07, 6.45) is 0.512. The van der Waals surface area contributed by atoms with Crippen LogP contribution in [0.4, 0.5) is 5.69 Å². The average Bonchev–Trinajstić information content (AvgIpc) is 2.53. The van der Waals surface area contributed by atoms with Crippen LogP contribution in [0.5, 0.6) is 0 Å². The summed E-state index contributed by atoms with van der Waals surface area (Å²) in [5.41, 5.74) is 1.58. The second-order valence-corrected chi connectivity index (χ2v) is 6.98. The Kier molecular flexibility index (Phi) is 5.76. The first-order valence-corrected chi connectivity index (χ1v) is 9.08. The summed E-state index contributed by atoms with van der Waals surface area (Å²) in [4.78, 5) is 12.3. The van der Waals surface area contributed by atoms with Gasteiger partial charge in [-0.25, -0.2) is 8.42 Å². The van der Waals surface area contributed by atoms with Crippen molar-refractivity contribution in [3.63, 3.8) is 0 Å². The van der Waals surface area contributed by atoms with Crippen molar-refractivity contribution in [3.8, 4) is 0 Å². The third kappa shape index (κ3) is 5.10. The van der Waals surface area contributed by atoms with E-state index in [9.17, 15) is 13.2 Å². The molecule has 2 aromatic carbocycles. The molecule has 6 heteroatoms. The van der Waals surface area contributed by atoms with Crippen molar-refractivity contribution in [1.29, 1.82) is 0 Å². The smallest absolute Gasteiger partial charge is 0.253 e. The fraction of sp³-hybridized carbons (Fsp3) is 0.235. The van der Waals surface area contributed by atoms with E-state index in [0.29, 0.717) is 24.2 Å². The number of nitrogens with one attached hydrogen (secondary N) is 2. The molecule has 0 aliphatic heterocycles. The Balaban J connectivity index is 2.11. The first-order chi connectivity index (χ1) is 11.0. The van der Waals surface area contributed by atoms with Gasteiger partial charge in [-0.15, -0.1) is 0 Å². The Morgan fingerprint density at radius 3 is 2.35 bits per heavy atom. The van der Waals surface area contributed by atoms with Crippen LogP contribution in [0.1, 0.15) is 29.3 Å². The third-order valence-corrected chi connectivity index (χ3v) is 4.68. The quantitative estimate of drug-likeness (QED) is 0.818. The van der Waals surface area contributed by atoms with E-state index in [2.05, 4.69) is 10.0 Å². The van der Waals surface area contributed by atoms with Gasteiger partial charge in [0, 0.05) is 6.54 Å². The molecule has 0 saturated heterocycles. The summed E-state index contributed by atoms with van der Waals surface area (Å²) < 4.78 is 26.3. The lowest BCUT2D eigenvalue weighted by atomic mass is 10.1. The Morgan fingerprint density at radius 1 is 1.00 bits per heavy atom. The van der Waals surface area contributed by atoms with Crippen LogP contribution in [0.3, 0.4) is 0 Å². The lowest BCUT2D eigenvalue weighted by molar-refractivity contribution is 0.0952. The number of sulfonamides is 1. The van der Waals surface area contributed by atoms with E-state index in [1.807, 2.05) is 30.3 Å². The highest BCUT2D eigenvalue weighted by atomic mass is 32.2. The zero-order chi connectivity index (χ0) is 16.7. The maximum atomic E-state index is 12.3. The molecule has 0 spiro atoms. The third-order valence-electron chi connectivity index (χ3n) is 3.21. The Morgan fingerprint density at radius 2 is 1.65 bits per heavy atom. The second kappa shape index (κ2) is 7.78. The Bertz CT molecular complexity index is 758. The molecule has 0 bridgehead atoms. The molecule has 23 heavy (non-hydrogen) atoms. The van der Waals surface area contributed by atoms with Crippen LogP contribution in [0.15, 0.2) is 54.6 Å². The molecule has 2 rings (SSSR count). The number of hydrogen-bond acceptors (Lipinski definition) is 3. The van der Waals surface area contributed by atoms with Crippen molar-refractivity contribution in [2.24, 2.45) is 0 Å². The summed E-state index contributed by atoms with van der Waals surface area (Å²) >= 11 is 0. The van der Waals surface area contributed by atoms with Crippen molar-refractivity contribution in [2.75, 3.05) is 10.5 Å². The predicted molar refractivity (Wildman–Crippen MR) is 91.8 cm³/mol. The van der Waals surface area contributed by atoms with Crippen molar-refractivity contribution in [2.45, 2.75) is 19.9 Å². The summed E-state index contributed by atoms with van der Waals surface area (Å²) in [5, 5.41) is 2.80. The number of hydrogen-bond donors (Lipinski definition) is 2. The van der Waals surface area contributed by atoms with Gasteiger partial charge in [0.05, 0.1) is 17.0 Å². The largest absolute Gasteiger partial charge is 0.348 e. The van der Waals surface area contributed by atoms with E-state index in [4.69, 9.17) is 0 Å². The van der Waals surface area contributed by atoms with Gasteiger partial charge < -0.3 is 5.32 Å². The molecule has 0 fully saturated rings. The molecule has 0 unspecified atom stereocenters. The summed E-state index contributed by atoms with van der Waals surface area (Å²) in [6.45, 7) is 2.17. The minimum Gasteiger partial charge on any atom is -0.348 e. The van der Waals surface area contributed by atoms with E-state index in [0.717, 1.165) is 5.56 Å². The minimum atomic E-state index is -3.44. The monoisotopic (exact) mass is 332 g/mol. The molecule has 0 heterocycles. The maximum absolute atomic E-state index is 12.3. The highest BCUT2D eigenvalue weighted by molar-refractivity contribution is 7.92. The van der Waals surface area contributed by atoms with E-state index in [1.54, 1.807) is 31.2 Å². The fourth-order valence-corrected chi connectivity index (χ4v) is 3.28. The van der Waals surface area contributed by atoms with Gasteiger partial charge in [-0.3, -0.25) is 9.52 Å². The normalized spacial score (nSPS) is 11.0. The second-order valence-electron chi connectivity index (χ2n) is 5.13. The molecule has 122 valence electrons. The molecule has 0 aromatic heterocycles. The molecule has 0 aliphatic carbocycles. The Labute approximate surface area is 136 Å². The van der Waals surface area contributed by atoms with E-state index >= 15 is 0 Å². The van der Waals surface area contributed by atoms with E-state index in [-0.39, 0.29) is 11.7 Å². The molecule has 5 nitrogen and oxygen atoms in total. The average molecular weight is 332 g/mol. The van der Waals surface area contributed by atoms with Crippen LogP contribution >= 0.6 is 0 Å². The van der Waals surface area contributed by atoms with Gasteiger partial charge in [0.15, 0.2) is 0 Å². The van der Waals surface area contributed by atoms with Crippen LogP contribution in [0.25, 0.3) is 0 Å². The molecular formula is C17H20N2O3S. The standard InChI is InChI=1S/C17H20N2O3S/c1-2-12-23(21,22)19-16-11-7-6-10-15(16)17(20)18-13-14-8-4-3-5-9-14/h3-11,19H,2,12-13H2,1H3,(H,18,20). The molecule has 0 atom stereocenters. The van der Waals surface area contributed by atoms with Gasteiger partial charge in [0.25, 0.3) is 5.91 Å². The summed E-state index contributed by atoms with van der Waals surface area (Å²) in [7, 11) is -3.44. The SMILES string of the molecule is CCCS(=O)(=O)Nc1ccccc1C(=O)NCc1ccccc1. The number of rotatable bonds is 7. The predicted octanol–water partition coefficient (Wildman–Crippen LogP) is 2.77. The molecule has 0 radical (unpaired) electrons. The first kappa shape index (κ1) is 17.0. The lowest BCUT2D eigenvalue weighted by Crippen LogP contribution is -2.25. The van der Waals surface area contributed by atoms with Crippen molar-refractivity contribution in [3.05, 3.63) is 65.7 Å². The van der Waals surface area contributed by atoms with Gasteiger partial charge in [0.1, 0.15) is 0 Å². The van der Waals surface area contributed by atoms with Gasteiger partial charge >= 0.3 is 0 Å². The molecule has 0 aliphatic rings. The van der Waals surface area contributed by atoms with Gasteiger partial charge in [-0.05, 0) is 24.1 Å². The van der Waals surface area contributed by atoms with Crippen molar-refractivity contribution >= 4 is 21.6 Å². The van der Waals surface area contributed by atoms with Gasteiger partial charge in [-0.2, -0.15) is 0 Å². The molecule has 2 aromatic rings. The van der Waals surface area contributed by atoms with Crippen molar-refractivity contribution < 1.29 is 13.2 Å². The highest BCUT2D eigenvalue weighted by Gasteiger charge is 2.15. The number of anilines is 1. The summed E-state index contributed by atoms with van der Waals surface area (Å²) in [6, 6.07) is 16.1. The minimum absolute atomic E-state index is 0.0208. The van der Waals surface area contributed by atoms with E-state index < -0.39 is 10.0 Å². The maximum Gasteiger partial charge on any atom is 0.253 e. The number of amides is 1. The van der Waals surface area contributed by atoms with Crippen LogP contribution < -0.4 is 10.0 Å². The number of benzene rings is 2. The zero-order valence-electron chi connectivity index (χ0n) is 13.0. The molecule has 2 N–H and O–H groups in total. The number of para-hydroxylation sites is 1. The molecular weight excluding hydrogens is 312 g/mol. The van der Waals surface area contributed by atoms with Gasteiger partial charge in [-0.1, -0.05) is 49.4 Å². The lowest BCUT2D eigenvalue weighted by Gasteiger charge is -2.12. The van der Waals surface area contributed by atoms with Crippen LogP contribution in [-0.4, -0.2) is 20.1 Å². The van der Waals surface area contributed by atoms with Crippen molar-refractivity contribution in [1.82, 2.24) is 5.32 Å². The topological polar surface area (TPSA) is 75.3 Å². The Hall–Kier alpha value is -2.34. The van der Waals surface area contributed by atoms with Gasteiger partial charge in [0.2, 0.25) is 10.0 Å². The van der Waals surface area contributed by atoms with Crippen LogP contribution in [0.2, 0.25) is 0 Å². The highest BCUT2D eigenvalue weighted by Crippen LogP contribution is 2.17. The fourth-order valence-electron chi connectivity index (χ4n) is 2.13. The van der Waals surface area contributed by atoms with E-state index in [1.165, 1.54) is 0 Å². The number of carbonyl (C=O) groups excluding carboxylic acids is 1. The number of carbonyl (C=O) groups is 1. The summed E-state index contributed by atoms with van der Waals surface area (Å²) in [5.74, 6) is -0.295. The zero-order valence-corrected chi connectivity index (χ0v) is 13.8. The van der Waals surface area contributed by atoms with Crippen LogP contribution in [-0.2, 0) is 16.6 Å². The van der Waals surface area contributed by atoms with Crippen LogP contribution in [0, 0.1) is 0 Å².